The third-order valence-electron chi connectivity index (χ3n) is 4.20. The maximum atomic E-state index is 12.7. The molecule has 2 fully saturated rings. The molecule has 2 aliphatic rings. The van der Waals surface area contributed by atoms with Crippen molar-refractivity contribution in [3.05, 3.63) is 35.5 Å². The Morgan fingerprint density at radius 2 is 2.29 bits per heavy atom. The highest BCUT2D eigenvalue weighted by molar-refractivity contribution is 5.94. The summed E-state index contributed by atoms with van der Waals surface area (Å²) in [5.41, 5.74) is 0.586. The van der Waals surface area contributed by atoms with Gasteiger partial charge in [-0.05, 0) is 31.9 Å². The average molecular weight is 328 g/mol. The number of carbonyl (C=O) groups is 1. The molecular formula is C16H20N6O2. The van der Waals surface area contributed by atoms with Gasteiger partial charge in [0, 0.05) is 18.8 Å². The number of hydrogen-bond acceptors (Lipinski definition) is 6. The Morgan fingerprint density at radius 1 is 1.42 bits per heavy atom. The number of aromatic nitrogens is 4. The number of rotatable bonds is 4. The van der Waals surface area contributed by atoms with Crippen LogP contribution in [0.1, 0.15) is 41.0 Å². The van der Waals surface area contributed by atoms with E-state index in [4.69, 9.17) is 4.74 Å². The highest BCUT2D eigenvalue weighted by Crippen LogP contribution is 2.24. The molecule has 2 aromatic rings. The molecule has 8 nitrogen and oxygen atoms in total. The van der Waals surface area contributed by atoms with Crippen LogP contribution in [0, 0.1) is 6.92 Å². The van der Waals surface area contributed by atoms with Crippen LogP contribution >= 0.6 is 0 Å². The number of nitrogens with one attached hydrogen (secondary N) is 2. The van der Waals surface area contributed by atoms with Crippen LogP contribution < -0.4 is 5.32 Å². The molecule has 1 aliphatic carbocycles. The van der Waals surface area contributed by atoms with E-state index >= 15 is 0 Å². The third-order valence-corrected chi connectivity index (χ3v) is 4.20. The van der Waals surface area contributed by atoms with Gasteiger partial charge in [0.15, 0.2) is 5.82 Å². The minimum Gasteiger partial charge on any atom is -0.367 e. The van der Waals surface area contributed by atoms with Crippen molar-refractivity contribution in [2.75, 3.05) is 25.0 Å². The van der Waals surface area contributed by atoms with E-state index in [0.29, 0.717) is 37.1 Å². The van der Waals surface area contributed by atoms with Crippen LogP contribution in [0.25, 0.3) is 0 Å². The average Bonchev–Trinajstić information content (AvgIpc) is 3.32. The van der Waals surface area contributed by atoms with Gasteiger partial charge in [-0.1, -0.05) is 0 Å². The highest BCUT2D eigenvalue weighted by atomic mass is 16.5. The van der Waals surface area contributed by atoms with Crippen LogP contribution in [0.4, 0.5) is 5.82 Å². The fraction of sp³-hybridized carbons (Fsp3) is 0.500. The number of nitrogens with zero attached hydrogens (tertiary/aromatic N) is 4. The van der Waals surface area contributed by atoms with Crippen LogP contribution in [-0.2, 0) is 4.74 Å². The van der Waals surface area contributed by atoms with Crippen molar-refractivity contribution >= 4 is 11.7 Å². The van der Waals surface area contributed by atoms with Crippen molar-refractivity contribution in [2.45, 2.75) is 31.9 Å². The molecule has 3 heterocycles. The van der Waals surface area contributed by atoms with Gasteiger partial charge in [-0.25, -0.2) is 9.97 Å². The molecule has 2 N–H and O–H groups in total. The molecule has 2 aromatic heterocycles. The molecule has 1 saturated heterocycles. The minimum absolute atomic E-state index is 0.0407. The molecule has 1 atom stereocenters. The van der Waals surface area contributed by atoms with E-state index in [2.05, 4.69) is 25.5 Å². The fourth-order valence-electron chi connectivity index (χ4n) is 2.72. The normalized spacial score (nSPS) is 20.9. The van der Waals surface area contributed by atoms with Gasteiger partial charge >= 0.3 is 0 Å². The summed E-state index contributed by atoms with van der Waals surface area (Å²) in [7, 11) is 0. The number of aromatic amines is 1. The lowest BCUT2D eigenvalue weighted by atomic mass is 10.2. The number of pyridine rings is 1. The zero-order valence-electron chi connectivity index (χ0n) is 13.5. The van der Waals surface area contributed by atoms with Crippen LogP contribution in [0.2, 0.25) is 0 Å². The number of hydrogen-bond donors (Lipinski definition) is 2. The number of morpholine rings is 1. The monoisotopic (exact) mass is 328 g/mol. The van der Waals surface area contributed by atoms with E-state index in [1.807, 2.05) is 19.1 Å². The maximum Gasteiger partial charge on any atom is 0.255 e. The summed E-state index contributed by atoms with van der Waals surface area (Å²) >= 11 is 0. The van der Waals surface area contributed by atoms with Gasteiger partial charge in [-0.15, -0.1) is 0 Å². The predicted molar refractivity (Wildman–Crippen MR) is 86.6 cm³/mol. The van der Waals surface area contributed by atoms with E-state index in [9.17, 15) is 4.79 Å². The Bertz CT molecular complexity index is 724. The van der Waals surface area contributed by atoms with Gasteiger partial charge in [-0.2, -0.15) is 5.10 Å². The molecule has 0 radical (unpaired) electrons. The van der Waals surface area contributed by atoms with E-state index in [-0.39, 0.29) is 12.0 Å². The number of H-pyrrole nitrogens is 1. The molecule has 126 valence electrons. The van der Waals surface area contributed by atoms with Crippen LogP contribution in [0.5, 0.6) is 0 Å². The molecule has 8 heteroatoms. The van der Waals surface area contributed by atoms with Gasteiger partial charge in [0.25, 0.3) is 5.91 Å². The first-order valence-corrected chi connectivity index (χ1v) is 8.21. The van der Waals surface area contributed by atoms with E-state index in [1.54, 1.807) is 11.1 Å². The molecule has 24 heavy (non-hydrogen) atoms. The zero-order valence-corrected chi connectivity index (χ0v) is 13.5. The van der Waals surface area contributed by atoms with Gasteiger partial charge in [-0.3, -0.25) is 9.89 Å². The smallest absolute Gasteiger partial charge is 0.255 e. The molecule has 1 aliphatic heterocycles. The molecule has 1 saturated carbocycles. The Morgan fingerprint density at radius 3 is 2.96 bits per heavy atom. The van der Waals surface area contributed by atoms with Crippen LogP contribution in [-0.4, -0.2) is 56.7 Å². The van der Waals surface area contributed by atoms with Crippen molar-refractivity contribution in [3.63, 3.8) is 0 Å². The summed E-state index contributed by atoms with van der Waals surface area (Å²) in [6, 6.07) is 4.23. The molecule has 4 rings (SSSR count). The molecule has 1 amide bonds. The Balaban J connectivity index is 1.43. The lowest BCUT2D eigenvalue weighted by Crippen LogP contribution is -2.42. The first-order chi connectivity index (χ1) is 11.7. The van der Waals surface area contributed by atoms with Gasteiger partial charge in [0.05, 0.1) is 18.7 Å². The first-order valence-electron chi connectivity index (χ1n) is 8.21. The van der Waals surface area contributed by atoms with Gasteiger partial charge in [0.1, 0.15) is 17.7 Å². The predicted octanol–water partition coefficient (Wildman–Crippen LogP) is 1.30. The zero-order chi connectivity index (χ0) is 16.5. The summed E-state index contributed by atoms with van der Waals surface area (Å²) in [6.07, 6.45) is 3.72. The lowest BCUT2D eigenvalue weighted by Gasteiger charge is -2.31. The Kier molecular flexibility index (Phi) is 3.89. The summed E-state index contributed by atoms with van der Waals surface area (Å²) in [6.45, 7) is 3.31. The topological polar surface area (TPSA) is 96.0 Å². The Labute approximate surface area is 139 Å². The van der Waals surface area contributed by atoms with Gasteiger partial charge in [0.2, 0.25) is 0 Å². The highest BCUT2D eigenvalue weighted by Gasteiger charge is 2.28. The summed E-state index contributed by atoms with van der Waals surface area (Å²) < 4.78 is 5.70. The van der Waals surface area contributed by atoms with Gasteiger partial charge < -0.3 is 15.0 Å². The molecule has 0 spiro atoms. The van der Waals surface area contributed by atoms with E-state index in [0.717, 1.165) is 11.6 Å². The lowest BCUT2D eigenvalue weighted by molar-refractivity contribution is -0.0266. The molecule has 0 bridgehead atoms. The van der Waals surface area contributed by atoms with Crippen molar-refractivity contribution in [2.24, 2.45) is 0 Å². The van der Waals surface area contributed by atoms with Crippen molar-refractivity contribution < 1.29 is 9.53 Å². The van der Waals surface area contributed by atoms with Crippen molar-refractivity contribution in [1.29, 1.82) is 0 Å². The quantitative estimate of drug-likeness (QED) is 0.878. The van der Waals surface area contributed by atoms with E-state index in [1.165, 1.54) is 12.8 Å². The third kappa shape index (κ3) is 3.23. The molecule has 0 aromatic carbocycles. The summed E-state index contributed by atoms with van der Waals surface area (Å²) in [5, 5.41) is 10.3. The molecule has 1 unspecified atom stereocenters. The second-order valence-corrected chi connectivity index (χ2v) is 6.24. The van der Waals surface area contributed by atoms with Crippen LogP contribution in [0.3, 0.4) is 0 Å². The number of carbonyl (C=O) groups excluding carboxylic acids is 1. The van der Waals surface area contributed by atoms with E-state index < -0.39 is 0 Å². The number of anilines is 1. The molecular weight excluding hydrogens is 308 g/mol. The standard InChI is InChI=1S/C16H20N6O2/c1-10-18-15(21-20-10)13-9-22(6-7-24-13)16(23)11-2-5-14(17-8-11)19-12-3-4-12/h2,5,8,12-13H,3-4,6-7,9H2,1H3,(H,17,19)(H,18,20,21). The summed E-state index contributed by atoms with van der Waals surface area (Å²) in [5.74, 6) is 2.11. The Hall–Kier alpha value is -2.48. The minimum atomic E-state index is -0.295. The second kappa shape index (κ2) is 6.20. The second-order valence-electron chi connectivity index (χ2n) is 6.24. The number of amides is 1. The fourth-order valence-corrected chi connectivity index (χ4v) is 2.72. The van der Waals surface area contributed by atoms with Crippen LogP contribution in [0.15, 0.2) is 18.3 Å². The SMILES string of the molecule is Cc1nc(C2CN(C(=O)c3ccc(NC4CC4)nc3)CCO2)n[nH]1. The summed E-state index contributed by atoms with van der Waals surface area (Å²) in [4.78, 5) is 23.1. The maximum absolute atomic E-state index is 12.7. The largest absolute Gasteiger partial charge is 0.367 e. The number of ether oxygens (including phenoxy) is 1. The van der Waals surface area contributed by atoms with Crippen molar-refractivity contribution in [1.82, 2.24) is 25.1 Å². The van der Waals surface area contributed by atoms with Crippen molar-refractivity contribution in [3.8, 4) is 0 Å². The first kappa shape index (κ1) is 15.1. The number of aryl methyl sites for hydroxylation is 1.